The number of hydrogen-bond donors (Lipinski definition) is 3. The highest BCUT2D eigenvalue weighted by atomic mass is 127. The molecule has 0 unspecified atom stereocenters. The van der Waals surface area contributed by atoms with E-state index in [1.165, 1.54) is 13.3 Å². The summed E-state index contributed by atoms with van der Waals surface area (Å²) in [4.78, 5) is 25.4. The summed E-state index contributed by atoms with van der Waals surface area (Å²) in [7, 11) is 1.53. The van der Waals surface area contributed by atoms with E-state index in [9.17, 15) is 14.9 Å². The monoisotopic (exact) mass is 739 g/mol. The maximum absolute atomic E-state index is 12.8. The minimum absolute atomic E-state index is 0.198. The van der Waals surface area contributed by atoms with Gasteiger partial charge in [-0.05, 0) is 78.5 Å². The second-order valence-corrected chi connectivity index (χ2v) is 11.1. The molecule has 0 bridgehead atoms. The van der Waals surface area contributed by atoms with Crippen molar-refractivity contribution in [1.82, 2.24) is 16.1 Å². The van der Waals surface area contributed by atoms with Crippen molar-refractivity contribution in [3.63, 3.8) is 0 Å². The fourth-order valence-electron chi connectivity index (χ4n) is 4.47. The van der Waals surface area contributed by atoms with Gasteiger partial charge in [0.05, 0.1) is 46.7 Å². The number of carbonyl (C=O) groups is 2. The summed E-state index contributed by atoms with van der Waals surface area (Å²) >= 11 is 7.45. The number of hydrazone groups is 1. The number of carbonyl (C=O) groups excluding carboxylic acids is 2. The summed E-state index contributed by atoms with van der Waals surface area (Å²) in [5.41, 5.74) is 5.97. The van der Waals surface area contributed by atoms with E-state index in [2.05, 4.69) is 49.8 Å². The van der Waals surface area contributed by atoms with Crippen molar-refractivity contribution in [3.8, 4) is 23.3 Å². The van der Waals surface area contributed by atoms with Crippen LogP contribution in [0.4, 0.5) is 0 Å². The Morgan fingerprint density at radius 1 is 1.13 bits per heavy atom. The number of hydrogen-bond acceptors (Lipinski definition) is 9. The van der Waals surface area contributed by atoms with Crippen molar-refractivity contribution in [1.29, 1.82) is 5.26 Å². The van der Waals surface area contributed by atoms with Crippen molar-refractivity contribution < 1.29 is 28.5 Å². The first-order chi connectivity index (χ1) is 21.7. The first-order valence-corrected chi connectivity index (χ1v) is 15.2. The van der Waals surface area contributed by atoms with E-state index in [4.69, 9.17) is 31.2 Å². The Bertz CT molecular complexity index is 1700. The Morgan fingerprint density at radius 2 is 1.89 bits per heavy atom. The SMILES string of the molecule is CCOC(=O)C1=C(C)NC(=S)N[C@H]1c1ccccc1OCC(=O)NN=Cc1cc(I)c(OCc2ccccc2C#N)c(OC)c1. The van der Waals surface area contributed by atoms with Crippen molar-refractivity contribution in [2.75, 3.05) is 20.3 Å². The number of nitrogens with one attached hydrogen (secondary N) is 3. The summed E-state index contributed by atoms with van der Waals surface area (Å²) in [5.74, 6) is 0.408. The molecular formula is C32H30IN5O6S. The van der Waals surface area contributed by atoms with E-state index < -0.39 is 17.9 Å². The topological polar surface area (TPSA) is 143 Å². The number of para-hydroxylation sites is 1. The zero-order valence-corrected chi connectivity index (χ0v) is 27.7. The normalized spacial score (nSPS) is 14.2. The van der Waals surface area contributed by atoms with Crippen LogP contribution < -0.4 is 30.3 Å². The first kappa shape index (κ1) is 33.2. The fraction of sp³-hybridized carbons (Fsp3) is 0.219. The number of benzene rings is 3. The standard InChI is InChI=1S/C32H30IN5O6S/c1-4-42-31(40)28-19(2)36-32(45)37-29(28)23-11-7-8-12-25(23)43-18-27(39)38-35-16-20-13-24(33)30(26(14-20)41-3)44-17-22-10-6-5-9-21(22)15-34/h5-14,16,29H,4,17-18H2,1-3H3,(H,38,39)(H2,36,37,45)/t29-/m0/s1. The van der Waals surface area contributed by atoms with Gasteiger partial charge in [0.2, 0.25) is 0 Å². The summed E-state index contributed by atoms with van der Waals surface area (Å²) in [6.45, 7) is 3.56. The van der Waals surface area contributed by atoms with Gasteiger partial charge >= 0.3 is 5.97 Å². The molecule has 1 aliphatic rings. The molecule has 1 atom stereocenters. The number of nitriles is 1. The van der Waals surface area contributed by atoms with Crippen molar-refractivity contribution in [2.24, 2.45) is 5.10 Å². The molecule has 1 aliphatic heterocycles. The Morgan fingerprint density at radius 3 is 2.64 bits per heavy atom. The number of allylic oxidation sites excluding steroid dienone is 1. The van der Waals surface area contributed by atoms with Gasteiger partial charge in [0, 0.05) is 16.8 Å². The Labute approximate surface area is 279 Å². The number of ether oxygens (including phenoxy) is 4. The predicted molar refractivity (Wildman–Crippen MR) is 180 cm³/mol. The summed E-state index contributed by atoms with van der Waals surface area (Å²) in [6.07, 6.45) is 1.48. The second kappa shape index (κ2) is 15.9. The molecular weight excluding hydrogens is 709 g/mol. The molecule has 3 N–H and O–H groups in total. The molecule has 1 amide bonds. The maximum atomic E-state index is 12.8. The molecule has 0 saturated heterocycles. The highest BCUT2D eigenvalue weighted by Crippen LogP contribution is 2.35. The van der Waals surface area contributed by atoms with Crippen LogP contribution in [0.15, 0.2) is 77.0 Å². The third-order valence-electron chi connectivity index (χ3n) is 6.52. The Kier molecular flexibility index (Phi) is 11.7. The van der Waals surface area contributed by atoms with Gasteiger partial charge in [0.25, 0.3) is 5.91 Å². The fourth-order valence-corrected chi connectivity index (χ4v) is 5.52. The zero-order chi connectivity index (χ0) is 32.3. The van der Waals surface area contributed by atoms with E-state index in [0.29, 0.717) is 50.3 Å². The number of esters is 1. The third-order valence-corrected chi connectivity index (χ3v) is 7.54. The van der Waals surface area contributed by atoms with Gasteiger partial charge in [0.15, 0.2) is 23.2 Å². The van der Waals surface area contributed by atoms with Gasteiger partial charge in [0.1, 0.15) is 12.4 Å². The van der Waals surface area contributed by atoms with E-state index in [0.717, 1.165) is 9.13 Å². The number of halogens is 1. The Balaban J connectivity index is 1.40. The summed E-state index contributed by atoms with van der Waals surface area (Å²) < 4.78 is 23.4. The molecule has 11 nitrogen and oxygen atoms in total. The lowest BCUT2D eigenvalue weighted by molar-refractivity contribution is -0.139. The number of amides is 1. The minimum atomic E-state index is -0.638. The number of thiocarbonyl (C=S) groups is 1. The molecule has 3 aromatic rings. The van der Waals surface area contributed by atoms with Gasteiger partial charge in [-0.2, -0.15) is 10.4 Å². The summed E-state index contributed by atoms with van der Waals surface area (Å²) in [6, 6.07) is 19.3. The third kappa shape index (κ3) is 8.49. The number of rotatable bonds is 12. The average molecular weight is 740 g/mol. The molecule has 232 valence electrons. The molecule has 45 heavy (non-hydrogen) atoms. The average Bonchev–Trinajstić information content (AvgIpc) is 3.03. The molecule has 0 fully saturated rings. The van der Waals surface area contributed by atoms with Crippen LogP contribution in [0, 0.1) is 14.9 Å². The molecule has 0 aromatic heterocycles. The smallest absolute Gasteiger partial charge is 0.338 e. The molecule has 0 spiro atoms. The van der Waals surface area contributed by atoms with Crippen LogP contribution in [0.2, 0.25) is 0 Å². The number of methoxy groups -OCH3 is 1. The van der Waals surface area contributed by atoms with Crippen LogP contribution in [-0.2, 0) is 20.9 Å². The lowest BCUT2D eigenvalue weighted by Crippen LogP contribution is -2.45. The van der Waals surface area contributed by atoms with Gasteiger partial charge in [-0.25, -0.2) is 10.2 Å². The highest BCUT2D eigenvalue weighted by molar-refractivity contribution is 14.1. The van der Waals surface area contributed by atoms with Crippen LogP contribution >= 0.6 is 34.8 Å². The van der Waals surface area contributed by atoms with Crippen molar-refractivity contribution in [2.45, 2.75) is 26.5 Å². The van der Waals surface area contributed by atoms with Gasteiger partial charge in [-0.3, -0.25) is 4.79 Å². The molecule has 4 rings (SSSR count). The van der Waals surface area contributed by atoms with Gasteiger partial charge in [-0.15, -0.1) is 0 Å². The number of nitrogens with zero attached hydrogens (tertiary/aromatic N) is 2. The summed E-state index contributed by atoms with van der Waals surface area (Å²) in [5, 5.41) is 19.8. The van der Waals surface area contributed by atoms with Crippen LogP contribution in [0.3, 0.4) is 0 Å². The lowest BCUT2D eigenvalue weighted by atomic mass is 9.95. The molecule has 13 heteroatoms. The first-order valence-electron chi connectivity index (χ1n) is 13.7. The molecule has 0 aliphatic carbocycles. The van der Waals surface area contributed by atoms with E-state index in [1.807, 2.05) is 18.2 Å². The van der Waals surface area contributed by atoms with Crippen LogP contribution in [0.5, 0.6) is 17.2 Å². The van der Waals surface area contributed by atoms with Crippen LogP contribution in [0.1, 0.15) is 42.1 Å². The van der Waals surface area contributed by atoms with E-state index >= 15 is 0 Å². The van der Waals surface area contributed by atoms with E-state index in [-0.39, 0.29) is 19.8 Å². The zero-order valence-electron chi connectivity index (χ0n) is 24.7. The molecule has 0 radical (unpaired) electrons. The highest BCUT2D eigenvalue weighted by Gasteiger charge is 2.32. The lowest BCUT2D eigenvalue weighted by Gasteiger charge is -2.30. The van der Waals surface area contributed by atoms with Gasteiger partial charge in [-0.1, -0.05) is 36.4 Å². The molecule has 3 aromatic carbocycles. The van der Waals surface area contributed by atoms with Crippen molar-refractivity contribution >= 4 is 58.0 Å². The predicted octanol–water partition coefficient (Wildman–Crippen LogP) is 4.64. The van der Waals surface area contributed by atoms with E-state index in [1.54, 1.807) is 56.3 Å². The molecule has 0 saturated carbocycles. The second-order valence-electron chi connectivity index (χ2n) is 9.50. The van der Waals surface area contributed by atoms with Crippen molar-refractivity contribution in [3.05, 3.63) is 97.8 Å². The molecule has 1 heterocycles. The largest absolute Gasteiger partial charge is 0.493 e. The maximum Gasteiger partial charge on any atom is 0.338 e. The van der Waals surface area contributed by atoms with Crippen LogP contribution in [-0.4, -0.2) is 43.5 Å². The minimum Gasteiger partial charge on any atom is -0.493 e. The quantitative estimate of drug-likeness (QED) is 0.0791. The van der Waals surface area contributed by atoms with Crippen LogP contribution in [0.25, 0.3) is 0 Å². The Hall–Kier alpha value is -4.68. The van der Waals surface area contributed by atoms with Gasteiger partial charge < -0.3 is 29.6 Å².